The molecule has 0 bridgehead atoms. The number of rotatable bonds is 5. The van der Waals surface area contributed by atoms with Crippen LogP contribution in [0.5, 0.6) is 0 Å². The summed E-state index contributed by atoms with van der Waals surface area (Å²) in [6.45, 7) is 1.65. The fourth-order valence-corrected chi connectivity index (χ4v) is 2.92. The molecule has 32 heavy (non-hydrogen) atoms. The van der Waals surface area contributed by atoms with E-state index in [2.05, 4.69) is 15.3 Å². The van der Waals surface area contributed by atoms with Crippen molar-refractivity contribution in [1.29, 1.82) is 0 Å². The highest BCUT2D eigenvalue weighted by atomic mass is 32.2. The molecule has 2 N–H and O–H groups in total. The van der Waals surface area contributed by atoms with Crippen molar-refractivity contribution in [2.75, 3.05) is 31.2 Å². The zero-order valence-electron chi connectivity index (χ0n) is 17.7. The maximum Gasteiger partial charge on any atom is 0.410 e. The summed E-state index contributed by atoms with van der Waals surface area (Å²) in [6.07, 6.45) is 3.26. The van der Waals surface area contributed by atoms with Crippen molar-refractivity contribution in [3.63, 3.8) is 0 Å². The van der Waals surface area contributed by atoms with Gasteiger partial charge < -0.3 is 15.0 Å². The molecule has 1 aliphatic rings. The number of hydrogen-bond acceptors (Lipinski definition) is 7. The third kappa shape index (κ3) is 9.10. The van der Waals surface area contributed by atoms with Gasteiger partial charge in [0.15, 0.2) is 0 Å². The van der Waals surface area contributed by atoms with E-state index in [4.69, 9.17) is 9.29 Å². The van der Waals surface area contributed by atoms with Crippen LogP contribution in [-0.4, -0.2) is 65.7 Å². The molecule has 0 radical (unpaired) electrons. The average Bonchev–Trinajstić information content (AvgIpc) is 2.71. The molecule has 1 aliphatic heterocycles. The molecule has 1 aromatic heterocycles. The van der Waals surface area contributed by atoms with Gasteiger partial charge in [0.05, 0.1) is 12.8 Å². The molecule has 0 aliphatic carbocycles. The number of halogens is 2. The van der Waals surface area contributed by atoms with Crippen molar-refractivity contribution in [3.8, 4) is 0 Å². The normalized spacial score (nSPS) is 17.7. The molecule has 1 aromatic carbocycles. The molecule has 1 atom stereocenters. The van der Waals surface area contributed by atoms with Crippen LogP contribution in [0.25, 0.3) is 0 Å². The fraction of sp³-hybridized carbons (Fsp3) is 0.450. The summed E-state index contributed by atoms with van der Waals surface area (Å²) in [5, 5.41) is 2.83. The van der Waals surface area contributed by atoms with Crippen LogP contribution < -0.4 is 5.32 Å². The Hall–Kier alpha value is -2.86. The van der Waals surface area contributed by atoms with Crippen molar-refractivity contribution in [3.05, 3.63) is 53.9 Å². The van der Waals surface area contributed by atoms with E-state index < -0.39 is 34.6 Å². The molecule has 0 spiro atoms. The van der Waals surface area contributed by atoms with Crippen molar-refractivity contribution >= 4 is 22.2 Å². The molecule has 1 fully saturated rings. The number of piperidine rings is 1. The van der Waals surface area contributed by atoms with E-state index in [1.165, 1.54) is 0 Å². The summed E-state index contributed by atoms with van der Waals surface area (Å²) in [4.78, 5) is 21.1. The van der Waals surface area contributed by atoms with Crippen LogP contribution in [0.15, 0.2) is 42.7 Å². The first-order valence-corrected chi connectivity index (χ1v) is 11.6. The standard InChI is InChI=1S/C19H22F2N4O2.CH4O3S/c1-14-3-5-15(6-4-14)12-27-18(26)25-10-7-16(19(20,21)13-25)11-24-17-22-8-2-9-23-17;1-5(2,3)4/h2-6,8-9,16H,7,10-13H2,1H3,(H,22,23,24);1H3,(H,2,3,4)/t16-;/m1./s1. The van der Waals surface area contributed by atoms with Gasteiger partial charge >= 0.3 is 6.09 Å². The number of benzene rings is 1. The van der Waals surface area contributed by atoms with Crippen molar-refractivity contribution in [2.24, 2.45) is 5.92 Å². The smallest absolute Gasteiger partial charge is 0.410 e. The Morgan fingerprint density at radius 2 is 1.88 bits per heavy atom. The lowest BCUT2D eigenvalue weighted by Crippen LogP contribution is -2.52. The van der Waals surface area contributed by atoms with Gasteiger partial charge in [-0.15, -0.1) is 0 Å². The molecule has 2 aromatic rings. The molecule has 0 saturated carbocycles. The maximum atomic E-state index is 14.5. The monoisotopic (exact) mass is 472 g/mol. The van der Waals surface area contributed by atoms with Gasteiger partial charge in [0.25, 0.3) is 16.0 Å². The van der Waals surface area contributed by atoms with Gasteiger partial charge in [-0.25, -0.2) is 23.5 Å². The molecule has 12 heteroatoms. The average molecular weight is 473 g/mol. The van der Waals surface area contributed by atoms with E-state index in [1.54, 1.807) is 18.5 Å². The summed E-state index contributed by atoms with van der Waals surface area (Å²) in [5.41, 5.74) is 1.92. The summed E-state index contributed by atoms with van der Waals surface area (Å²) in [7, 11) is -3.67. The maximum absolute atomic E-state index is 14.5. The van der Waals surface area contributed by atoms with Crippen LogP contribution in [0.1, 0.15) is 17.5 Å². The predicted molar refractivity (Wildman–Crippen MR) is 114 cm³/mol. The van der Waals surface area contributed by atoms with Gasteiger partial charge in [-0.3, -0.25) is 4.55 Å². The van der Waals surface area contributed by atoms with E-state index in [0.29, 0.717) is 12.2 Å². The highest BCUT2D eigenvalue weighted by molar-refractivity contribution is 7.85. The van der Waals surface area contributed by atoms with Crippen LogP contribution in [0.2, 0.25) is 0 Å². The zero-order valence-corrected chi connectivity index (χ0v) is 18.6. The quantitative estimate of drug-likeness (QED) is 0.637. The Morgan fingerprint density at radius 3 is 2.44 bits per heavy atom. The number of carbonyl (C=O) groups excluding carboxylic acids is 1. The van der Waals surface area contributed by atoms with Gasteiger partial charge in [-0.2, -0.15) is 8.42 Å². The predicted octanol–water partition coefficient (Wildman–Crippen LogP) is 2.99. The van der Waals surface area contributed by atoms with Crippen LogP contribution in [0.4, 0.5) is 19.5 Å². The van der Waals surface area contributed by atoms with Gasteiger partial charge in [0.2, 0.25) is 5.95 Å². The lowest BCUT2D eigenvalue weighted by atomic mass is 9.93. The third-order valence-electron chi connectivity index (χ3n) is 4.56. The summed E-state index contributed by atoms with van der Waals surface area (Å²) < 4.78 is 60.0. The molecule has 0 unspecified atom stereocenters. The van der Waals surface area contributed by atoms with E-state index in [9.17, 15) is 22.0 Å². The number of aryl methyl sites for hydroxylation is 1. The molecule has 9 nitrogen and oxygen atoms in total. The number of anilines is 1. The van der Waals surface area contributed by atoms with Crippen LogP contribution >= 0.6 is 0 Å². The largest absolute Gasteiger partial charge is 0.445 e. The second-order valence-corrected chi connectivity index (χ2v) is 8.86. The number of ether oxygens (including phenoxy) is 1. The first kappa shape index (κ1) is 25.4. The van der Waals surface area contributed by atoms with Gasteiger partial charge in [0, 0.05) is 31.4 Å². The van der Waals surface area contributed by atoms with E-state index in [1.807, 2.05) is 31.2 Å². The Labute approximate surface area is 185 Å². The fourth-order valence-electron chi connectivity index (χ4n) is 2.92. The van der Waals surface area contributed by atoms with Crippen LogP contribution in [0.3, 0.4) is 0 Å². The first-order valence-electron chi connectivity index (χ1n) is 9.72. The Balaban J connectivity index is 0.000000654. The summed E-state index contributed by atoms with van der Waals surface area (Å²) in [5.74, 6) is -3.60. The number of amides is 1. The van der Waals surface area contributed by atoms with E-state index in [-0.39, 0.29) is 26.1 Å². The minimum Gasteiger partial charge on any atom is -0.445 e. The van der Waals surface area contributed by atoms with E-state index in [0.717, 1.165) is 16.0 Å². The zero-order chi connectivity index (χ0) is 23.8. The molecule has 2 heterocycles. The number of carbonyl (C=O) groups is 1. The minimum absolute atomic E-state index is 0.0449. The second-order valence-electron chi connectivity index (χ2n) is 7.39. The number of likely N-dealkylation sites (tertiary alicyclic amines) is 1. The second kappa shape index (κ2) is 11.1. The number of nitrogens with one attached hydrogen (secondary N) is 1. The molecular formula is C20H26F2N4O5S. The molecular weight excluding hydrogens is 446 g/mol. The summed E-state index contributed by atoms with van der Waals surface area (Å²) >= 11 is 0. The number of nitrogens with zero attached hydrogens (tertiary/aromatic N) is 3. The molecule has 1 saturated heterocycles. The molecule has 1 amide bonds. The topological polar surface area (TPSA) is 122 Å². The van der Waals surface area contributed by atoms with Gasteiger partial charge in [0.1, 0.15) is 6.61 Å². The lowest BCUT2D eigenvalue weighted by Gasteiger charge is -2.37. The van der Waals surface area contributed by atoms with Crippen molar-refractivity contribution in [1.82, 2.24) is 14.9 Å². The third-order valence-corrected chi connectivity index (χ3v) is 4.56. The van der Waals surface area contributed by atoms with Crippen molar-refractivity contribution in [2.45, 2.75) is 25.9 Å². The van der Waals surface area contributed by atoms with Crippen LogP contribution in [-0.2, 0) is 21.5 Å². The molecule has 176 valence electrons. The van der Waals surface area contributed by atoms with Gasteiger partial charge in [-0.05, 0) is 25.0 Å². The number of aromatic nitrogens is 2. The van der Waals surface area contributed by atoms with E-state index >= 15 is 0 Å². The lowest BCUT2D eigenvalue weighted by molar-refractivity contribution is -0.102. The SMILES string of the molecule is CS(=O)(=O)O.Cc1ccc(COC(=O)N2CC[C@H](CNc3ncccn3)C(F)(F)C2)cc1. The first-order chi connectivity index (χ1) is 14.9. The highest BCUT2D eigenvalue weighted by Gasteiger charge is 2.46. The highest BCUT2D eigenvalue weighted by Crippen LogP contribution is 2.33. The minimum atomic E-state index is -3.67. The summed E-state index contributed by atoms with van der Waals surface area (Å²) in [6, 6.07) is 9.17. The van der Waals surface area contributed by atoms with Crippen molar-refractivity contribution < 1.29 is 31.3 Å². The Kier molecular flexibility index (Phi) is 8.84. The number of alkyl halides is 2. The van der Waals surface area contributed by atoms with Gasteiger partial charge in [-0.1, -0.05) is 29.8 Å². The Bertz CT molecular complexity index is 967. The van der Waals surface area contributed by atoms with Crippen LogP contribution in [0, 0.1) is 12.8 Å². The number of hydrogen-bond donors (Lipinski definition) is 2. The Morgan fingerprint density at radius 1 is 1.28 bits per heavy atom. The molecule has 3 rings (SSSR count).